The summed E-state index contributed by atoms with van der Waals surface area (Å²) in [7, 11) is 3.43. The number of methoxy groups -OCH3 is 2. The molecule has 164 valence electrons. The van der Waals surface area contributed by atoms with Crippen molar-refractivity contribution in [1.82, 2.24) is 0 Å². The minimum atomic E-state index is 0.844. The lowest BCUT2D eigenvalue weighted by molar-refractivity contribution is 0.415. The minimum absolute atomic E-state index is 0.844. The summed E-state index contributed by atoms with van der Waals surface area (Å²) in [5, 5.41) is 7.55. The number of ether oxygens (including phenoxy) is 2. The van der Waals surface area contributed by atoms with E-state index < -0.39 is 0 Å². The van der Waals surface area contributed by atoms with Crippen molar-refractivity contribution in [3.63, 3.8) is 0 Å². The number of fused-ring (bicyclic) bond motifs is 6. The number of hydrogen-bond acceptors (Lipinski definition) is 2. The molecule has 0 spiro atoms. The number of benzene rings is 6. The van der Waals surface area contributed by atoms with Gasteiger partial charge in [-0.05, 0) is 78.8 Å². The summed E-state index contributed by atoms with van der Waals surface area (Å²) in [5.74, 6) is 1.69. The second kappa shape index (κ2) is 8.24. The molecule has 0 aromatic heterocycles. The van der Waals surface area contributed by atoms with Crippen molar-refractivity contribution in [3.8, 4) is 33.8 Å². The van der Waals surface area contributed by atoms with Crippen molar-refractivity contribution in [2.24, 2.45) is 0 Å². The lowest BCUT2D eigenvalue weighted by Crippen LogP contribution is -1.92. The molecule has 0 amide bonds. The zero-order chi connectivity index (χ0) is 23.1. The molecular weight excluding hydrogens is 416 g/mol. The smallest absolute Gasteiger partial charge is 0.119 e. The van der Waals surface area contributed by atoms with Gasteiger partial charge in [0.15, 0.2) is 0 Å². The highest BCUT2D eigenvalue weighted by atomic mass is 16.5. The van der Waals surface area contributed by atoms with E-state index in [2.05, 4.69) is 91.0 Å². The molecule has 6 aromatic carbocycles. The molecule has 0 saturated carbocycles. The highest BCUT2D eigenvalue weighted by Gasteiger charge is 2.18. The van der Waals surface area contributed by atoms with Crippen molar-refractivity contribution in [1.29, 1.82) is 0 Å². The van der Waals surface area contributed by atoms with E-state index in [0.717, 1.165) is 22.6 Å². The zero-order valence-corrected chi connectivity index (χ0v) is 19.2. The van der Waals surface area contributed by atoms with Gasteiger partial charge in [-0.3, -0.25) is 0 Å². The highest BCUT2D eigenvalue weighted by molar-refractivity contribution is 6.29. The lowest BCUT2D eigenvalue weighted by Gasteiger charge is -2.19. The number of rotatable bonds is 4. The Morgan fingerprint density at radius 1 is 0.441 bits per heavy atom. The Labute approximate surface area is 199 Å². The van der Waals surface area contributed by atoms with Crippen LogP contribution < -0.4 is 9.47 Å². The average molecular weight is 441 g/mol. The van der Waals surface area contributed by atoms with Gasteiger partial charge in [0.2, 0.25) is 0 Å². The van der Waals surface area contributed by atoms with Crippen LogP contribution >= 0.6 is 0 Å². The fourth-order valence-corrected chi connectivity index (χ4v) is 5.11. The van der Waals surface area contributed by atoms with Crippen LogP contribution in [0.25, 0.3) is 54.6 Å². The van der Waals surface area contributed by atoms with Crippen LogP contribution in [-0.2, 0) is 0 Å². The first-order valence-electron chi connectivity index (χ1n) is 11.4. The van der Waals surface area contributed by atoms with E-state index in [1.54, 1.807) is 14.2 Å². The van der Waals surface area contributed by atoms with Gasteiger partial charge in [-0.1, -0.05) is 84.9 Å². The lowest BCUT2D eigenvalue weighted by atomic mass is 9.85. The average Bonchev–Trinajstić information content (AvgIpc) is 2.92. The molecular formula is C32H24O2. The molecule has 6 aromatic rings. The summed E-state index contributed by atoms with van der Waals surface area (Å²) in [6.07, 6.45) is 0. The molecule has 0 aliphatic carbocycles. The first kappa shape index (κ1) is 20.3. The molecule has 0 atom stereocenters. The van der Waals surface area contributed by atoms with E-state index in [1.165, 1.54) is 43.4 Å². The van der Waals surface area contributed by atoms with Gasteiger partial charge in [0.05, 0.1) is 14.2 Å². The van der Waals surface area contributed by atoms with Crippen LogP contribution in [0.3, 0.4) is 0 Å². The van der Waals surface area contributed by atoms with Gasteiger partial charge < -0.3 is 9.47 Å². The largest absolute Gasteiger partial charge is 0.497 e. The SMILES string of the molecule is COc1cccc(-c2ccc3c4ccccc4c4ccccc4c3c2-c2cccc(OC)c2)c1. The second-order valence-electron chi connectivity index (χ2n) is 8.47. The standard InChI is InChI=1S/C32H24O2/c1-33-23-11-7-9-21(19-23)25-17-18-30-28-15-4-3-13-26(28)27-14-5-6-16-29(27)32(30)31(25)22-10-8-12-24(20-22)34-2/h3-20H,1-2H3. The van der Waals surface area contributed by atoms with E-state index >= 15 is 0 Å². The third-order valence-electron chi connectivity index (χ3n) is 6.65. The third-order valence-corrected chi connectivity index (χ3v) is 6.65. The van der Waals surface area contributed by atoms with Crippen LogP contribution in [0.4, 0.5) is 0 Å². The Morgan fingerprint density at radius 2 is 0.941 bits per heavy atom. The molecule has 0 bridgehead atoms. The third kappa shape index (κ3) is 3.19. The summed E-state index contributed by atoms with van der Waals surface area (Å²) >= 11 is 0. The normalized spacial score (nSPS) is 11.2. The van der Waals surface area contributed by atoms with E-state index in [1.807, 2.05) is 18.2 Å². The molecule has 0 aliphatic rings. The van der Waals surface area contributed by atoms with Gasteiger partial charge in [0.1, 0.15) is 11.5 Å². The maximum atomic E-state index is 5.61. The van der Waals surface area contributed by atoms with Crippen molar-refractivity contribution in [3.05, 3.63) is 109 Å². The maximum Gasteiger partial charge on any atom is 0.119 e. The fourth-order valence-electron chi connectivity index (χ4n) is 5.11. The van der Waals surface area contributed by atoms with Crippen LogP contribution in [0.15, 0.2) is 109 Å². The molecule has 0 radical (unpaired) electrons. The van der Waals surface area contributed by atoms with Gasteiger partial charge in [0.25, 0.3) is 0 Å². The Hall–Kier alpha value is -4.30. The molecule has 2 nitrogen and oxygen atoms in total. The van der Waals surface area contributed by atoms with Gasteiger partial charge in [-0.15, -0.1) is 0 Å². The number of hydrogen-bond donors (Lipinski definition) is 0. The summed E-state index contributed by atoms with van der Waals surface area (Å²) in [4.78, 5) is 0. The zero-order valence-electron chi connectivity index (χ0n) is 19.2. The molecule has 34 heavy (non-hydrogen) atoms. The van der Waals surface area contributed by atoms with Crippen LogP contribution in [0.2, 0.25) is 0 Å². The Bertz CT molecular complexity index is 1650. The van der Waals surface area contributed by atoms with Crippen LogP contribution in [-0.4, -0.2) is 14.2 Å². The molecule has 0 fully saturated rings. The molecule has 0 unspecified atom stereocenters. The topological polar surface area (TPSA) is 18.5 Å². The quantitative estimate of drug-likeness (QED) is 0.256. The van der Waals surface area contributed by atoms with Crippen molar-refractivity contribution in [2.75, 3.05) is 14.2 Å². The van der Waals surface area contributed by atoms with Crippen LogP contribution in [0.1, 0.15) is 0 Å². The maximum absolute atomic E-state index is 5.61. The van der Waals surface area contributed by atoms with Crippen molar-refractivity contribution < 1.29 is 9.47 Å². The predicted octanol–water partition coefficient (Wildman–Crippen LogP) is 8.50. The van der Waals surface area contributed by atoms with E-state index in [0.29, 0.717) is 0 Å². The molecule has 0 aliphatic heterocycles. The van der Waals surface area contributed by atoms with E-state index in [4.69, 9.17) is 9.47 Å². The summed E-state index contributed by atoms with van der Waals surface area (Å²) in [5.41, 5.74) is 4.62. The highest BCUT2D eigenvalue weighted by Crippen LogP contribution is 2.45. The van der Waals surface area contributed by atoms with E-state index in [-0.39, 0.29) is 0 Å². The first-order valence-corrected chi connectivity index (χ1v) is 11.4. The predicted molar refractivity (Wildman–Crippen MR) is 143 cm³/mol. The minimum Gasteiger partial charge on any atom is -0.497 e. The molecule has 0 heterocycles. The summed E-state index contributed by atoms with van der Waals surface area (Å²) in [6, 6.07) is 38.6. The second-order valence-corrected chi connectivity index (χ2v) is 8.47. The van der Waals surface area contributed by atoms with Crippen molar-refractivity contribution >= 4 is 32.3 Å². The molecule has 0 saturated heterocycles. The summed E-state index contributed by atoms with van der Waals surface area (Å²) < 4.78 is 11.2. The van der Waals surface area contributed by atoms with Gasteiger partial charge in [-0.2, -0.15) is 0 Å². The summed E-state index contributed by atoms with van der Waals surface area (Å²) in [6.45, 7) is 0. The van der Waals surface area contributed by atoms with Gasteiger partial charge in [-0.25, -0.2) is 0 Å². The van der Waals surface area contributed by atoms with E-state index in [9.17, 15) is 0 Å². The van der Waals surface area contributed by atoms with Crippen molar-refractivity contribution in [2.45, 2.75) is 0 Å². The monoisotopic (exact) mass is 440 g/mol. The molecule has 2 heteroatoms. The molecule has 0 N–H and O–H groups in total. The van der Waals surface area contributed by atoms with Gasteiger partial charge in [0, 0.05) is 0 Å². The Kier molecular flexibility index (Phi) is 4.92. The molecule has 6 rings (SSSR count). The van der Waals surface area contributed by atoms with Crippen LogP contribution in [0, 0.1) is 0 Å². The fraction of sp³-hybridized carbons (Fsp3) is 0.0625. The van der Waals surface area contributed by atoms with Gasteiger partial charge >= 0.3 is 0 Å². The Balaban J connectivity index is 1.84. The first-order chi connectivity index (χ1) is 16.8. The Morgan fingerprint density at radius 3 is 1.56 bits per heavy atom. The van der Waals surface area contributed by atoms with Crippen LogP contribution in [0.5, 0.6) is 11.5 Å².